The van der Waals surface area contributed by atoms with Crippen molar-refractivity contribution in [2.24, 2.45) is 0 Å². The summed E-state index contributed by atoms with van der Waals surface area (Å²) in [7, 11) is -2.26. The molecule has 1 aromatic heterocycles. The minimum absolute atomic E-state index is 0.0612. The van der Waals surface area contributed by atoms with Crippen molar-refractivity contribution in [3.05, 3.63) is 53.7 Å². The number of pyridine rings is 1. The number of aromatic nitrogens is 1. The molecule has 0 spiro atoms. The fourth-order valence-corrected chi connectivity index (χ4v) is 4.92. The summed E-state index contributed by atoms with van der Waals surface area (Å²) in [6, 6.07) is 11.2. The molecular formula is C22H24ClN3O5S. The van der Waals surface area contributed by atoms with Crippen LogP contribution in [0.5, 0.6) is 11.5 Å². The van der Waals surface area contributed by atoms with Crippen molar-refractivity contribution >= 4 is 44.1 Å². The van der Waals surface area contributed by atoms with E-state index in [9.17, 15) is 13.2 Å². The zero-order chi connectivity index (χ0) is 23.3. The fraction of sp³-hybridized carbons (Fsp3) is 0.273. The number of anilines is 1. The molecule has 3 aromatic rings. The number of rotatable bonds is 9. The molecule has 0 fully saturated rings. The summed E-state index contributed by atoms with van der Waals surface area (Å²) in [6.45, 7) is 3.89. The van der Waals surface area contributed by atoms with Crippen molar-refractivity contribution < 1.29 is 22.7 Å². The number of carbonyl (C=O) groups is 1. The van der Waals surface area contributed by atoms with Crippen LogP contribution in [0.25, 0.3) is 10.9 Å². The van der Waals surface area contributed by atoms with Crippen LogP contribution in [-0.4, -0.2) is 50.4 Å². The largest absolute Gasteiger partial charge is 0.495 e. The van der Waals surface area contributed by atoms with Crippen LogP contribution in [0.3, 0.4) is 0 Å². The van der Waals surface area contributed by atoms with E-state index in [0.717, 1.165) is 0 Å². The van der Waals surface area contributed by atoms with Crippen molar-refractivity contribution in [2.45, 2.75) is 18.7 Å². The first-order valence-electron chi connectivity index (χ1n) is 9.95. The van der Waals surface area contributed by atoms with Crippen molar-refractivity contribution in [2.75, 3.05) is 32.1 Å². The summed E-state index contributed by atoms with van der Waals surface area (Å²) in [5, 5.41) is 3.90. The average Bonchev–Trinajstić information content (AvgIpc) is 2.79. The highest BCUT2D eigenvalue weighted by Crippen LogP contribution is 2.31. The van der Waals surface area contributed by atoms with Crippen molar-refractivity contribution in [3.8, 4) is 11.5 Å². The maximum Gasteiger partial charge on any atom is 0.262 e. The molecule has 3 rings (SSSR count). The summed E-state index contributed by atoms with van der Waals surface area (Å²) in [5.74, 6) is 0.250. The number of hydrogen-bond donors (Lipinski definition) is 1. The summed E-state index contributed by atoms with van der Waals surface area (Å²) < 4.78 is 37.9. The number of methoxy groups -OCH3 is 1. The average molecular weight is 478 g/mol. The number of nitrogens with zero attached hydrogens (tertiary/aromatic N) is 2. The lowest BCUT2D eigenvalue weighted by molar-refractivity contribution is -0.118. The zero-order valence-corrected chi connectivity index (χ0v) is 19.5. The highest BCUT2D eigenvalue weighted by Gasteiger charge is 2.23. The minimum atomic E-state index is -3.69. The standard InChI is InChI=1S/C22H24ClN3O5S/c1-4-26(5-2)32(28,29)15-8-10-19(30-3)18(13-15)25-21(27)14-31-20-11-9-17(23)16-7-6-12-24-22(16)20/h6-13H,4-5,14H2,1-3H3,(H,25,27). The predicted molar refractivity (Wildman–Crippen MR) is 124 cm³/mol. The second-order valence-corrected chi connectivity index (χ2v) is 9.08. The molecule has 8 nitrogen and oxygen atoms in total. The van der Waals surface area contributed by atoms with E-state index >= 15 is 0 Å². The molecule has 0 atom stereocenters. The van der Waals surface area contributed by atoms with E-state index in [1.807, 2.05) is 6.07 Å². The summed E-state index contributed by atoms with van der Waals surface area (Å²) >= 11 is 6.19. The lowest BCUT2D eigenvalue weighted by Crippen LogP contribution is -2.30. The predicted octanol–water partition coefficient (Wildman–Crippen LogP) is 3.94. The molecule has 0 saturated heterocycles. The molecule has 0 aliphatic heterocycles. The monoisotopic (exact) mass is 477 g/mol. The van der Waals surface area contributed by atoms with Crippen molar-refractivity contribution in [1.29, 1.82) is 0 Å². The Hall–Kier alpha value is -2.88. The molecule has 0 aliphatic carbocycles. The van der Waals surface area contributed by atoms with Crippen LogP contribution in [0.1, 0.15) is 13.8 Å². The molecule has 10 heteroatoms. The van der Waals surface area contributed by atoms with Gasteiger partial charge in [0.25, 0.3) is 5.91 Å². The van der Waals surface area contributed by atoms with Gasteiger partial charge in [-0.25, -0.2) is 8.42 Å². The van der Waals surface area contributed by atoms with Crippen LogP contribution in [0.2, 0.25) is 5.02 Å². The Morgan fingerprint density at radius 1 is 1.12 bits per heavy atom. The number of hydrogen-bond acceptors (Lipinski definition) is 6. The number of amides is 1. The van der Waals surface area contributed by atoms with Crippen LogP contribution in [0.15, 0.2) is 53.6 Å². The van der Waals surface area contributed by atoms with Gasteiger partial charge in [0.2, 0.25) is 10.0 Å². The van der Waals surface area contributed by atoms with E-state index in [1.54, 1.807) is 38.2 Å². The molecule has 0 radical (unpaired) electrons. The summed E-state index contributed by atoms with van der Waals surface area (Å²) in [6.07, 6.45) is 1.61. The molecule has 0 unspecified atom stereocenters. The van der Waals surface area contributed by atoms with Crippen molar-refractivity contribution in [3.63, 3.8) is 0 Å². The lowest BCUT2D eigenvalue weighted by Gasteiger charge is -2.19. The number of benzene rings is 2. The van der Waals surface area contributed by atoms with Crippen molar-refractivity contribution in [1.82, 2.24) is 9.29 Å². The van der Waals surface area contributed by atoms with Gasteiger partial charge in [-0.2, -0.15) is 4.31 Å². The van der Waals surface area contributed by atoms with Gasteiger partial charge in [0, 0.05) is 24.7 Å². The van der Waals surface area contributed by atoms with Crippen LogP contribution in [0, 0.1) is 0 Å². The first kappa shape index (κ1) is 23.8. The topological polar surface area (TPSA) is 97.8 Å². The van der Waals surface area contributed by atoms with Crippen LogP contribution < -0.4 is 14.8 Å². The SMILES string of the molecule is CCN(CC)S(=O)(=O)c1ccc(OC)c(NC(=O)COc2ccc(Cl)c3cccnc23)c1. The molecule has 170 valence electrons. The van der Waals surface area contributed by atoms with E-state index < -0.39 is 15.9 Å². The van der Waals surface area contributed by atoms with E-state index in [0.29, 0.717) is 40.5 Å². The van der Waals surface area contributed by atoms with Gasteiger partial charge < -0.3 is 14.8 Å². The number of fused-ring (bicyclic) bond motifs is 1. The highest BCUT2D eigenvalue weighted by molar-refractivity contribution is 7.89. The van der Waals surface area contributed by atoms with Crippen LogP contribution in [0.4, 0.5) is 5.69 Å². The third-order valence-electron chi connectivity index (χ3n) is 4.83. The first-order valence-corrected chi connectivity index (χ1v) is 11.8. The molecule has 1 N–H and O–H groups in total. The number of carbonyl (C=O) groups excluding carboxylic acids is 1. The van der Waals surface area contributed by atoms with Gasteiger partial charge in [0.15, 0.2) is 6.61 Å². The molecule has 0 aliphatic rings. The highest BCUT2D eigenvalue weighted by atomic mass is 35.5. The van der Waals surface area contributed by atoms with E-state index in [4.69, 9.17) is 21.1 Å². The second kappa shape index (κ2) is 10.2. The Balaban J connectivity index is 1.80. The van der Waals surface area contributed by atoms with Gasteiger partial charge in [-0.1, -0.05) is 25.4 Å². The number of nitrogens with one attached hydrogen (secondary N) is 1. The Morgan fingerprint density at radius 2 is 1.84 bits per heavy atom. The fourth-order valence-electron chi connectivity index (χ4n) is 3.22. The van der Waals surface area contributed by atoms with E-state index in [-0.39, 0.29) is 17.2 Å². The molecule has 32 heavy (non-hydrogen) atoms. The van der Waals surface area contributed by atoms with Gasteiger partial charge >= 0.3 is 0 Å². The van der Waals surface area contributed by atoms with Crippen LogP contribution >= 0.6 is 11.6 Å². The maximum absolute atomic E-state index is 12.8. The van der Waals surface area contributed by atoms with Gasteiger partial charge in [-0.05, 0) is 42.5 Å². The number of sulfonamides is 1. The second-order valence-electron chi connectivity index (χ2n) is 6.73. The smallest absolute Gasteiger partial charge is 0.262 e. The van der Waals surface area contributed by atoms with Gasteiger partial charge in [-0.15, -0.1) is 0 Å². The normalized spacial score (nSPS) is 11.5. The van der Waals surface area contributed by atoms with E-state index in [1.165, 1.54) is 29.6 Å². The molecular weight excluding hydrogens is 454 g/mol. The van der Waals surface area contributed by atoms with E-state index in [2.05, 4.69) is 10.3 Å². The molecule has 1 amide bonds. The molecule has 0 saturated carbocycles. The van der Waals surface area contributed by atoms with Crippen LogP contribution in [-0.2, 0) is 14.8 Å². The third kappa shape index (κ3) is 4.95. The molecule has 1 heterocycles. The third-order valence-corrected chi connectivity index (χ3v) is 7.20. The Labute approximate surface area is 192 Å². The first-order chi connectivity index (χ1) is 15.3. The van der Waals surface area contributed by atoms with Gasteiger partial charge in [0.05, 0.1) is 22.7 Å². The van der Waals surface area contributed by atoms with Gasteiger partial charge in [0.1, 0.15) is 17.0 Å². The number of halogens is 1. The maximum atomic E-state index is 12.8. The molecule has 0 bridgehead atoms. The Morgan fingerprint density at radius 3 is 2.53 bits per heavy atom. The zero-order valence-electron chi connectivity index (χ0n) is 18.0. The Bertz CT molecular complexity index is 1230. The summed E-state index contributed by atoms with van der Waals surface area (Å²) in [5.41, 5.74) is 0.770. The Kier molecular flexibility index (Phi) is 7.55. The quantitative estimate of drug-likeness (QED) is 0.501. The van der Waals surface area contributed by atoms with Gasteiger partial charge in [-0.3, -0.25) is 9.78 Å². The minimum Gasteiger partial charge on any atom is -0.495 e. The molecule has 2 aromatic carbocycles. The number of ether oxygens (including phenoxy) is 2. The lowest BCUT2D eigenvalue weighted by atomic mass is 10.2. The summed E-state index contributed by atoms with van der Waals surface area (Å²) in [4.78, 5) is 16.9.